The lowest BCUT2D eigenvalue weighted by Gasteiger charge is -2.07. The molecule has 28 heavy (non-hydrogen) atoms. The molecule has 0 unspecified atom stereocenters. The molecule has 0 radical (unpaired) electrons. The molecule has 0 saturated heterocycles. The maximum Gasteiger partial charge on any atom is 0.210 e. The number of hydrogen-bond donors (Lipinski definition) is 2. The lowest BCUT2D eigenvalue weighted by Crippen LogP contribution is -2.17. The van der Waals surface area contributed by atoms with E-state index in [1.54, 1.807) is 38.5 Å². The summed E-state index contributed by atoms with van der Waals surface area (Å²) in [6.45, 7) is 0.403. The van der Waals surface area contributed by atoms with Gasteiger partial charge in [0.1, 0.15) is 11.5 Å². The zero-order valence-corrected chi connectivity index (χ0v) is 16.4. The van der Waals surface area contributed by atoms with E-state index in [-0.39, 0.29) is 11.5 Å². The van der Waals surface area contributed by atoms with Crippen LogP contribution in [0.15, 0.2) is 53.7 Å². The highest BCUT2D eigenvalue weighted by Gasteiger charge is 2.14. The Bertz CT molecular complexity index is 943. The molecule has 0 saturated carbocycles. The smallest absolute Gasteiger partial charge is 0.210 e. The Kier molecular flexibility index (Phi) is 6.38. The number of nitrogens with one attached hydrogen (secondary N) is 1. The third kappa shape index (κ3) is 4.74. The number of Topliss-reactive ketones (excluding diaryl/α,β-unsaturated/α-hetero) is 1. The maximum atomic E-state index is 12.4. The average molecular weight is 399 g/mol. The quantitative estimate of drug-likeness (QED) is 0.321. The Labute approximate surface area is 167 Å². The van der Waals surface area contributed by atoms with Gasteiger partial charge in [-0.05, 0) is 36.4 Å². The summed E-state index contributed by atoms with van der Waals surface area (Å²) in [6.07, 6.45) is 0. The maximum absolute atomic E-state index is 12.4. The monoisotopic (exact) mass is 399 g/mol. The number of aromatic nitrogens is 3. The van der Waals surface area contributed by atoms with Crippen molar-refractivity contribution in [1.82, 2.24) is 14.9 Å². The molecule has 0 spiro atoms. The van der Waals surface area contributed by atoms with Crippen LogP contribution in [-0.2, 0) is 6.54 Å². The SMILES string of the molecule is COc1ccc(NCc2nnc(SCC(=O)c3cccc(OC)c3)n2N)cc1. The molecule has 0 aliphatic heterocycles. The van der Waals surface area contributed by atoms with E-state index in [0.717, 1.165) is 11.4 Å². The van der Waals surface area contributed by atoms with Crippen molar-refractivity contribution in [2.24, 2.45) is 0 Å². The predicted molar refractivity (Wildman–Crippen MR) is 109 cm³/mol. The fraction of sp³-hybridized carbons (Fsp3) is 0.211. The van der Waals surface area contributed by atoms with Crippen molar-refractivity contribution >= 4 is 23.2 Å². The minimum atomic E-state index is -0.0372. The summed E-state index contributed by atoms with van der Waals surface area (Å²) in [5, 5.41) is 11.9. The lowest BCUT2D eigenvalue weighted by atomic mass is 10.1. The van der Waals surface area contributed by atoms with E-state index >= 15 is 0 Å². The van der Waals surface area contributed by atoms with Crippen LogP contribution in [-0.4, -0.2) is 40.6 Å². The fourth-order valence-corrected chi connectivity index (χ4v) is 3.20. The summed E-state index contributed by atoms with van der Waals surface area (Å²) in [7, 11) is 3.19. The summed E-state index contributed by atoms with van der Waals surface area (Å²) in [5.74, 6) is 8.22. The number of methoxy groups -OCH3 is 2. The van der Waals surface area contributed by atoms with Gasteiger partial charge in [0.25, 0.3) is 0 Å². The number of ether oxygens (including phenoxy) is 2. The van der Waals surface area contributed by atoms with Gasteiger partial charge in [-0.2, -0.15) is 0 Å². The van der Waals surface area contributed by atoms with Gasteiger partial charge in [0.15, 0.2) is 11.6 Å². The molecule has 146 valence electrons. The van der Waals surface area contributed by atoms with Gasteiger partial charge in [-0.3, -0.25) is 4.79 Å². The molecular formula is C19H21N5O3S. The van der Waals surface area contributed by atoms with Gasteiger partial charge in [0.2, 0.25) is 5.16 Å². The molecule has 1 aromatic heterocycles. The number of nitrogens with zero attached hydrogens (tertiary/aromatic N) is 3. The standard InChI is InChI=1S/C19H21N5O3S/c1-26-15-8-6-14(7-9-15)21-11-18-22-23-19(24(18)20)28-12-17(25)13-4-3-5-16(10-13)27-2/h3-10,21H,11-12,20H2,1-2H3. The van der Waals surface area contributed by atoms with Gasteiger partial charge in [0.05, 0.1) is 26.5 Å². The van der Waals surface area contributed by atoms with Crippen LogP contribution in [0.1, 0.15) is 16.2 Å². The van der Waals surface area contributed by atoms with Crippen molar-refractivity contribution in [1.29, 1.82) is 0 Å². The van der Waals surface area contributed by atoms with E-state index in [4.69, 9.17) is 15.3 Å². The van der Waals surface area contributed by atoms with Crippen LogP contribution in [0.4, 0.5) is 5.69 Å². The molecule has 0 amide bonds. The Balaban J connectivity index is 1.57. The molecule has 0 fully saturated rings. The Morgan fingerprint density at radius 2 is 1.86 bits per heavy atom. The second kappa shape index (κ2) is 9.14. The number of anilines is 1. The van der Waals surface area contributed by atoms with Crippen LogP contribution in [0.2, 0.25) is 0 Å². The molecule has 3 N–H and O–H groups in total. The molecule has 0 aliphatic rings. The summed E-state index contributed by atoms with van der Waals surface area (Å²) < 4.78 is 11.7. The summed E-state index contributed by atoms with van der Waals surface area (Å²) in [6, 6.07) is 14.6. The first-order valence-corrected chi connectivity index (χ1v) is 9.46. The molecule has 9 heteroatoms. The number of nitrogen functional groups attached to an aromatic ring is 1. The highest BCUT2D eigenvalue weighted by molar-refractivity contribution is 7.99. The average Bonchev–Trinajstić information content (AvgIpc) is 3.10. The van der Waals surface area contributed by atoms with Crippen LogP contribution in [0, 0.1) is 0 Å². The largest absolute Gasteiger partial charge is 0.497 e. The first-order valence-electron chi connectivity index (χ1n) is 8.48. The van der Waals surface area contributed by atoms with Gasteiger partial charge < -0.3 is 20.6 Å². The van der Waals surface area contributed by atoms with E-state index < -0.39 is 0 Å². The molecule has 0 aliphatic carbocycles. The third-order valence-electron chi connectivity index (χ3n) is 4.00. The van der Waals surface area contributed by atoms with E-state index in [9.17, 15) is 4.79 Å². The third-order valence-corrected chi connectivity index (χ3v) is 4.94. The zero-order chi connectivity index (χ0) is 19.9. The zero-order valence-electron chi connectivity index (χ0n) is 15.6. The molecule has 0 atom stereocenters. The Hall–Kier alpha value is -3.20. The minimum Gasteiger partial charge on any atom is -0.497 e. The first-order chi connectivity index (χ1) is 13.6. The molecule has 2 aromatic carbocycles. The number of hydrogen-bond acceptors (Lipinski definition) is 8. The van der Waals surface area contributed by atoms with E-state index in [1.165, 1.54) is 16.4 Å². The van der Waals surface area contributed by atoms with Crippen LogP contribution >= 0.6 is 11.8 Å². The molecular weight excluding hydrogens is 378 g/mol. The number of thioether (sulfide) groups is 1. The second-order valence-corrected chi connectivity index (χ2v) is 6.74. The highest BCUT2D eigenvalue weighted by Crippen LogP contribution is 2.20. The summed E-state index contributed by atoms with van der Waals surface area (Å²) >= 11 is 1.24. The van der Waals surface area contributed by atoms with E-state index in [2.05, 4.69) is 15.5 Å². The fourth-order valence-electron chi connectivity index (χ4n) is 2.43. The molecule has 0 bridgehead atoms. The van der Waals surface area contributed by atoms with Crippen molar-refractivity contribution in [2.45, 2.75) is 11.7 Å². The minimum absolute atomic E-state index is 0.0372. The summed E-state index contributed by atoms with van der Waals surface area (Å²) in [4.78, 5) is 12.4. The number of carbonyl (C=O) groups is 1. The number of benzene rings is 2. The normalized spacial score (nSPS) is 10.5. The van der Waals surface area contributed by atoms with E-state index in [1.807, 2.05) is 24.3 Å². The molecule has 3 rings (SSSR count). The van der Waals surface area contributed by atoms with Crippen molar-refractivity contribution in [2.75, 3.05) is 31.1 Å². The number of rotatable bonds is 9. The summed E-state index contributed by atoms with van der Waals surface area (Å²) in [5.41, 5.74) is 1.49. The van der Waals surface area contributed by atoms with E-state index in [0.29, 0.717) is 28.8 Å². The molecule has 3 aromatic rings. The topological polar surface area (TPSA) is 104 Å². The lowest BCUT2D eigenvalue weighted by molar-refractivity contribution is 0.102. The van der Waals surface area contributed by atoms with Crippen LogP contribution in [0.3, 0.4) is 0 Å². The number of ketones is 1. The van der Waals surface area contributed by atoms with Gasteiger partial charge in [-0.25, -0.2) is 4.68 Å². The number of carbonyl (C=O) groups excluding carboxylic acids is 1. The van der Waals surface area contributed by atoms with Crippen molar-refractivity contribution in [3.05, 3.63) is 59.9 Å². The van der Waals surface area contributed by atoms with Crippen molar-refractivity contribution in [3.8, 4) is 11.5 Å². The van der Waals surface area contributed by atoms with Crippen molar-refractivity contribution in [3.63, 3.8) is 0 Å². The van der Waals surface area contributed by atoms with Crippen molar-refractivity contribution < 1.29 is 14.3 Å². The predicted octanol–water partition coefficient (Wildman–Crippen LogP) is 2.60. The van der Waals surface area contributed by atoms with Gasteiger partial charge in [-0.15, -0.1) is 10.2 Å². The van der Waals surface area contributed by atoms with Gasteiger partial charge >= 0.3 is 0 Å². The Morgan fingerprint density at radius 3 is 2.57 bits per heavy atom. The van der Waals surface area contributed by atoms with Gasteiger partial charge in [0, 0.05) is 11.3 Å². The van der Waals surface area contributed by atoms with Gasteiger partial charge in [-0.1, -0.05) is 23.9 Å². The number of nitrogens with two attached hydrogens (primary N) is 1. The van der Waals surface area contributed by atoms with Crippen LogP contribution in [0.25, 0.3) is 0 Å². The van der Waals surface area contributed by atoms with Crippen LogP contribution < -0.4 is 20.6 Å². The van der Waals surface area contributed by atoms with Crippen LogP contribution in [0.5, 0.6) is 11.5 Å². The molecule has 8 nitrogen and oxygen atoms in total. The Morgan fingerprint density at radius 1 is 1.11 bits per heavy atom. The highest BCUT2D eigenvalue weighted by atomic mass is 32.2. The second-order valence-electron chi connectivity index (χ2n) is 5.79. The molecule has 1 heterocycles. The first kappa shape index (κ1) is 19.6.